The van der Waals surface area contributed by atoms with Gasteiger partial charge in [-0.05, 0) is 73.4 Å². The Bertz CT molecular complexity index is 422. The maximum absolute atomic E-state index is 11.4. The zero-order valence-corrected chi connectivity index (χ0v) is 18.9. The van der Waals surface area contributed by atoms with Crippen molar-refractivity contribution in [3.63, 3.8) is 0 Å². The maximum atomic E-state index is 11.4. The largest absolute Gasteiger partial charge is 0.374 e. The van der Waals surface area contributed by atoms with Crippen LogP contribution < -0.4 is 0 Å². The van der Waals surface area contributed by atoms with Crippen molar-refractivity contribution in [1.29, 1.82) is 0 Å². The molecular formula is C21H39NO3S2. The minimum Gasteiger partial charge on any atom is -0.374 e. The normalized spacial score (nSPS) is 26.6. The molecule has 0 spiro atoms. The number of hydroxylamine groups is 2. The van der Waals surface area contributed by atoms with E-state index < -0.39 is 0 Å². The van der Waals surface area contributed by atoms with E-state index in [4.69, 9.17) is 9.94 Å². The predicted octanol–water partition coefficient (Wildman–Crippen LogP) is 5.23. The molecule has 2 bridgehead atoms. The number of carbonyl (C=O) groups excluding carboxylic acids is 1. The lowest BCUT2D eigenvalue weighted by molar-refractivity contribution is -0.159. The van der Waals surface area contributed by atoms with Crippen LogP contribution in [0.3, 0.4) is 0 Å². The fourth-order valence-corrected chi connectivity index (χ4v) is 6.68. The van der Waals surface area contributed by atoms with Gasteiger partial charge < -0.3 is 4.74 Å². The molecule has 0 unspecified atom stereocenters. The van der Waals surface area contributed by atoms with Gasteiger partial charge in [-0.3, -0.25) is 10.0 Å². The zero-order valence-electron chi connectivity index (χ0n) is 17.2. The van der Waals surface area contributed by atoms with Crippen LogP contribution in [0.1, 0.15) is 71.1 Å². The Kier molecular flexibility index (Phi) is 11.5. The van der Waals surface area contributed by atoms with E-state index in [9.17, 15) is 4.79 Å². The van der Waals surface area contributed by atoms with Crippen molar-refractivity contribution in [3.8, 4) is 0 Å². The smallest absolute Gasteiger partial charge is 0.245 e. The van der Waals surface area contributed by atoms with Crippen molar-refractivity contribution in [2.75, 3.05) is 30.1 Å². The molecule has 2 aliphatic rings. The van der Waals surface area contributed by atoms with E-state index in [0.29, 0.717) is 23.7 Å². The van der Waals surface area contributed by atoms with Gasteiger partial charge in [-0.15, -0.1) is 0 Å². The first-order chi connectivity index (χ1) is 13.1. The van der Waals surface area contributed by atoms with Gasteiger partial charge in [0.25, 0.3) is 0 Å². The van der Waals surface area contributed by atoms with E-state index >= 15 is 0 Å². The lowest BCUT2D eigenvalue weighted by Crippen LogP contribution is -2.29. The van der Waals surface area contributed by atoms with Gasteiger partial charge in [-0.2, -0.15) is 23.5 Å². The zero-order chi connectivity index (χ0) is 19.5. The molecular weight excluding hydrogens is 378 g/mol. The second-order valence-corrected chi connectivity index (χ2v) is 10.4. The topological polar surface area (TPSA) is 49.8 Å². The van der Waals surface area contributed by atoms with E-state index in [1.54, 1.807) is 0 Å². The highest BCUT2D eigenvalue weighted by Crippen LogP contribution is 2.46. The first kappa shape index (κ1) is 23.4. The van der Waals surface area contributed by atoms with Crippen LogP contribution in [0, 0.1) is 11.8 Å². The van der Waals surface area contributed by atoms with Crippen molar-refractivity contribution in [2.24, 2.45) is 11.8 Å². The summed E-state index contributed by atoms with van der Waals surface area (Å²) < 4.78 is 6.24. The number of rotatable bonds is 15. The van der Waals surface area contributed by atoms with Crippen LogP contribution in [0.25, 0.3) is 0 Å². The minimum atomic E-state index is -0.186. The number of hydrogen-bond donors (Lipinski definition) is 1. The first-order valence-electron chi connectivity index (χ1n) is 10.9. The molecule has 2 saturated heterocycles. The quantitative estimate of drug-likeness (QED) is 0.224. The number of fused-ring (bicyclic) bond motifs is 2. The second-order valence-electron chi connectivity index (χ2n) is 8.03. The Morgan fingerprint density at radius 3 is 2.44 bits per heavy atom. The van der Waals surface area contributed by atoms with Crippen molar-refractivity contribution >= 4 is 29.4 Å². The molecule has 0 aromatic carbocycles. The number of unbranched alkanes of at least 4 members (excludes halogenated alkanes) is 4. The van der Waals surface area contributed by atoms with E-state index in [1.165, 1.54) is 69.3 Å². The van der Waals surface area contributed by atoms with Gasteiger partial charge in [0.05, 0.1) is 12.2 Å². The van der Waals surface area contributed by atoms with Crippen LogP contribution in [-0.4, -0.2) is 58.4 Å². The van der Waals surface area contributed by atoms with E-state index in [1.807, 2.05) is 11.8 Å². The molecule has 2 rings (SSSR count). The summed E-state index contributed by atoms with van der Waals surface area (Å²) in [5, 5.41) is 9.76. The monoisotopic (exact) mass is 417 g/mol. The fraction of sp³-hybridized carbons (Fsp3) is 0.952. The number of hydrogen-bond acceptors (Lipinski definition) is 5. The standard InChI is InChI=1S/C21H39NO3S2/c1-3-4-5-7-13-26-15-12-17-18(20-11-10-19(17)25-20)16-27-14-8-6-9-21(23)22(2)24/h17-20,24H,3-16H2,1-2H3/t17-,18+,19-,20+/m0/s1. The summed E-state index contributed by atoms with van der Waals surface area (Å²) in [6.07, 6.45) is 12.7. The minimum absolute atomic E-state index is 0.186. The molecule has 0 radical (unpaired) electrons. The second kappa shape index (κ2) is 13.3. The average molecular weight is 418 g/mol. The third kappa shape index (κ3) is 8.15. The molecule has 4 atom stereocenters. The molecule has 2 fully saturated rings. The van der Waals surface area contributed by atoms with Gasteiger partial charge in [-0.25, -0.2) is 5.06 Å². The Balaban J connectivity index is 1.56. The van der Waals surface area contributed by atoms with Gasteiger partial charge in [0.2, 0.25) is 5.91 Å². The van der Waals surface area contributed by atoms with Crippen LogP contribution in [0.4, 0.5) is 0 Å². The SMILES string of the molecule is CCCCCCSCC[C@H]1[C@@H](CSCCCCC(=O)N(C)O)[C@H]2CC[C@@H]1O2. The highest BCUT2D eigenvalue weighted by Gasteiger charge is 2.47. The van der Waals surface area contributed by atoms with Crippen LogP contribution >= 0.6 is 23.5 Å². The van der Waals surface area contributed by atoms with Gasteiger partial charge >= 0.3 is 0 Å². The fourth-order valence-electron chi connectivity index (χ4n) is 4.32. The highest BCUT2D eigenvalue weighted by atomic mass is 32.2. The summed E-state index contributed by atoms with van der Waals surface area (Å²) in [5.41, 5.74) is 0. The van der Waals surface area contributed by atoms with Crippen molar-refractivity contribution < 1.29 is 14.7 Å². The number of thioether (sulfide) groups is 2. The lowest BCUT2D eigenvalue weighted by atomic mass is 9.79. The molecule has 158 valence electrons. The summed E-state index contributed by atoms with van der Waals surface area (Å²) in [5.74, 6) is 6.25. The van der Waals surface area contributed by atoms with Crippen LogP contribution in [0.2, 0.25) is 0 Å². The van der Waals surface area contributed by atoms with Gasteiger partial charge in [0, 0.05) is 13.5 Å². The molecule has 0 aliphatic carbocycles. The van der Waals surface area contributed by atoms with E-state index in [2.05, 4.69) is 18.7 Å². The van der Waals surface area contributed by atoms with Gasteiger partial charge in [0.15, 0.2) is 0 Å². The summed E-state index contributed by atoms with van der Waals surface area (Å²) >= 11 is 4.17. The molecule has 1 amide bonds. The number of carbonyl (C=O) groups is 1. The van der Waals surface area contributed by atoms with Crippen LogP contribution in [0.5, 0.6) is 0 Å². The molecule has 1 N–H and O–H groups in total. The Morgan fingerprint density at radius 2 is 1.70 bits per heavy atom. The average Bonchev–Trinajstić information content (AvgIpc) is 3.25. The Hall–Kier alpha value is 0.0900. The summed E-state index contributed by atoms with van der Waals surface area (Å²) in [7, 11) is 1.40. The van der Waals surface area contributed by atoms with Crippen molar-refractivity contribution in [1.82, 2.24) is 5.06 Å². The van der Waals surface area contributed by atoms with E-state index in [0.717, 1.165) is 30.4 Å². The maximum Gasteiger partial charge on any atom is 0.245 e. The molecule has 27 heavy (non-hydrogen) atoms. The predicted molar refractivity (Wildman–Crippen MR) is 117 cm³/mol. The molecule has 4 nitrogen and oxygen atoms in total. The first-order valence-corrected chi connectivity index (χ1v) is 13.2. The van der Waals surface area contributed by atoms with Gasteiger partial charge in [0.1, 0.15) is 0 Å². The molecule has 0 saturated carbocycles. The lowest BCUT2D eigenvalue weighted by Gasteiger charge is -2.27. The third-order valence-electron chi connectivity index (χ3n) is 5.93. The molecule has 2 aliphatic heterocycles. The number of amides is 1. The number of nitrogens with zero attached hydrogens (tertiary/aromatic N) is 1. The summed E-state index contributed by atoms with van der Waals surface area (Å²) in [6.45, 7) is 2.27. The number of ether oxygens (including phenoxy) is 1. The Morgan fingerprint density at radius 1 is 1.00 bits per heavy atom. The van der Waals surface area contributed by atoms with Gasteiger partial charge in [-0.1, -0.05) is 26.2 Å². The third-order valence-corrected chi connectivity index (χ3v) is 8.23. The van der Waals surface area contributed by atoms with Crippen LogP contribution in [0.15, 0.2) is 0 Å². The molecule has 0 aromatic heterocycles. The summed E-state index contributed by atoms with van der Waals surface area (Å²) in [4.78, 5) is 11.4. The molecule has 2 heterocycles. The molecule has 6 heteroatoms. The highest BCUT2D eigenvalue weighted by molar-refractivity contribution is 7.99. The van der Waals surface area contributed by atoms with Crippen molar-refractivity contribution in [2.45, 2.75) is 83.3 Å². The van der Waals surface area contributed by atoms with E-state index in [-0.39, 0.29) is 5.91 Å². The van der Waals surface area contributed by atoms with Crippen molar-refractivity contribution in [3.05, 3.63) is 0 Å². The Labute approximate surface area is 174 Å². The summed E-state index contributed by atoms with van der Waals surface area (Å²) in [6, 6.07) is 0. The molecule has 0 aromatic rings. The van der Waals surface area contributed by atoms with Crippen LogP contribution in [-0.2, 0) is 9.53 Å².